The third-order valence-electron chi connectivity index (χ3n) is 7.87. The van der Waals surface area contributed by atoms with Crippen LogP contribution in [-0.4, -0.2) is 50.9 Å². The number of para-hydroxylation sites is 2. The standard InChI is InChI=1S/C36H39Cl2N3O5S/c1-5-26(3)39-36(43)33(21-27-11-7-6-8-12-27)40(23-28-17-18-29(37)22-31(28)38)35(42)24-41(32-13-9-10-14-34(32)46-4)47(44,45)30-19-15-25(2)16-20-30/h6-20,22,26,33H,5,21,23-24H2,1-4H3,(H,39,43)/t26-,33-/m1/s1. The topological polar surface area (TPSA) is 96.0 Å². The Labute approximate surface area is 287 Å². The molecule has 0 bridgehead atoms. The van der Waals surface area contributed by atoms with E-state index in [1.54, 1.807) is 54.6 Å². The molecule has 0 aliphatic heterocycles. The molecule has 0 radical (unpaired) electrons. The molecule has 4 aromatic rings. The van der Waals surface area contributed by atoms with Crippen molar-refractivity contribution in [3.05, 3.63) is 124 Å². The number of rotatable bonds is 14. The Morgan fingerprint density at radius 3 is 2.21 bits per heavy atom. The van der Waals surface area contributed by atoms with Crippen molar-refractivity contribution in [2.75, 3.05) is 18.0 Å². The quantitative estimate of drug-likeness (QED) is 0.152. The molecule has 8 nitrogen and oxygen atoms in total. The lowest BCUT2D eigenvalue weighted by molar-refractivity contribution is -0.140. The van der Waals surface area contributed by atoms with Crippen LogP contribution in [0.4, 0.5) is 5.69 Å². The van der Waals surface area contributed by atoms with Gasteiger partial charge in [-0.25, -0.2) is 8.42 Å². The lowest BCUT2D eigenvalue weighted by Gasteiger charge is -2.34. The number of nitrogens with one attached hydrogen (secondary N) is 1. The molecule has 2 atom stereocenters. The fourth-order valence-electron chi connectivity index (χ4n) is 5.02. The van der Waals surface area contributed by atoms with Gasteiger partial charge in [0.2, 0.25) is 11.8 Å². The molecular formula is C36H39Cl2N3O5S. The van der Waals surface area contributed by atoms with Crippen molar-refractivity contribution in [2.45, 2.75) is 57.1 Å². The van der Waals surface area contributed by atoms with Crippen LogP contribution in [0.1, 0.15) is 37.0 Å². The number of anilines is 1. The van der Waals surface area contributed by atoms with Gasteiger partial charge in [-0.05, 0) is 67.8 Å². The van der Waals surface area contributed by atoms with Crippen LogP contribution in [0.2, 0.25) is 10.0 Å². The Kier molecular flexibility index (Phi) is 12.3. The van der Waals surface area contributed by atoms with E-state index in [4.69, 9.17) is 27.9 Å². The summed E-state index contributed by atoms with van der Waals surface area (Å²) in [6.07, 6.45) is 0.858. The van der Waals surface area contributed by atoms with Crippen molar-refractivity contribution in [3.8, 4) is 5.75 Å². The van der Waals surface area contributed by atoms with Gasteiger partial charge in [0.05, 0.1) is 17.7 Å². The smallest absolute Gasteiger partial charge is 0.264 e. The van der Waals surface area contributed by atoms with Gasteiger partial charge in [-0.2, -0.15) is 0 Å². The van der Waals surface area contributed by atoms with E-state index in [2.05, 4.69) is 5.32 Å². The predicted molar refractivity (Wildman–Crippen MR) is 188 cm³/mol. The number of ether oxygens (including phenoxy) is 1. The molecule has 0 saturated carbocycles. The first-order valence-corrected chi connectivity index (χ1v) is 17.4. The summed E-state index contributed by atoms with van der Waals surface area (Å²) in [6, 6.07) is 26.1. The van der Waals surface area contributed by atoms with Gasteiger partial charge in [-0.1, -0.05) is 96.4 Å². The van der Waals surface area contributed by atoms with Gasteiger partial charge in [0, 0.05) is 29.1 Å². The van der Waals surface area contributed by atoms with E-state index in [0.717, 1.165) is 15.4 Å². The van der Waals surface area contributed by atoms with Gasteiger partial charge in [0.25, 0.3) is 10.0 Å². The lowest BCUT2D eigenvalue weighted by atomic mass is 10.0. The maximum atomic E-state index is 14.7. The second kappa shape index (κ2) is 16.2. The van der Waals surface area contributed by atoms with Crippen molar-refractivity contribution < 1.29 is 22.7 Å². The number of nitrogens with zero attached hydrogens (tertiary/aromatic N) is 2. The largest absolute Gasteiger partial charge is 0.495 e. The fourth-order valence-corrected chi connectivity index (χ4v) is 6.91. The summed E-state index contributed by atoms with van der Waals surface area (Å²) in [5.41, 5.74) is 2.43. The van der Waals surface area contributed by atoms with E-state index in [1.807, 2.05) is 51.1 Å². The molecule has 4 aromatic carbocycles. The van der Waals surface area contributed by atoms with Crippen LogP contribution < -0.4 is 14.4 Å². The van der Waals surface area contributed by atoms with Gasteiger partial charge >= 0.3 is 0 Å². The normalized spacial score (nSPS) is 12.6. The second-order valence-corrected chi connectivity index (χ2v) is 14.0. The lowest BCUT2D eigenvalue weighted by Crippen LogP contribution is -2.54. The monoisotopic (exact) mass is 695 g/mol. The van der Waals surface area contributed by atoms with E-state index in [0.29, 0.717) is 22.0 Å². The van der Waals surface area contributed by atoms with Crippen LogP contribution in [0.5, 0.6) is 5.75 Å². The van der Waals surface area contributed by atoms with Crippen LogP contribution in [0.3, 0.4) is 0 Å². The highest BCUT2D eigenvalue weighted by atomic mass is 35.5. The Morgan fingerprint density at radius 1 is 0.915 bits per heavy atom. The summed E-state index contributed by atoms with van der Waals surface area (Å²) in [7, 11) is -2.85. The molecule has 0 aliphatic rings. The van der Waals surface area contributed by atoms with Crippen LogP contribution in [0.25, 0.3) is 0 Å². The molecule has 0 fully saturated rings. The molecule has 0 saturated heterocycles. The molecule has 47 heavy (non-hydrogen) atoms. The average Bonchev–Trinajstić information content (AvgIpc) is 3.06. The van der Waals surface area contributed by atoms with E-state index >= 15 is 0 Å². The fraction of sp³-hybridized carbons (Fsp3) is 0.278. The molecule has 0 spiro atoms. The SMILES string of the molecule is CC[C@@H](C)NC(=O)[C@@H](Cc1ccccc1)N(Cc1ccc(Cl)cc1Cl)C(=O)CN(c1ccccc1OC)S(=O)(=O)c1ccc(C)cc1. The highest BCUT2D eigenvalue weighted by Crippen LogP contribution is 2.33. The summed E-state index contributed by atoms with van der Waals surface area (Å²) in [5, 5.41) is 3.75. The zero-order chi connectivity index (χ0) is 34.1. The van der Waals surface area contributed by atoms with Gasteiger partial charge in [0.1, 0.15) is 18.3 Å². The molecule has 248 valence electrons. The van der Waals surface area contributed by atoms with Gasteiger partial charge in [-0.3, -0.25) is 13.9 Å². The first kappa shape index (κ1) is 35.8. The van der Waals surface area contributed by atoms with Crippen LogP contribution in [-0.2, 0) is 32.6 Å². The van der Waals surface area contributed by atoms with E-state index in [-0.39, 0.29) is 41.2 Å². The number of aryl methyl sites for hydroxylation is 1. The Hall–Kier alpha value is -4.05. The molecule has 1 N–H and O–H groups in total. The van der Waals surface area contributed by atoms with Crippen LogP contribution in [0.15, 0.2) is 102 Å². The van der Waals surface area contributed by atoms with Crippen molar-refractivity contribution in [1.82, 2.24) is 10.2 Å². The Bertz CT molecular complexity index is 1790. The molecule has 11 heteroatoms. The Morgan fingerprint density at radius 2 is 1.57 bits per heavy atom. The van der Waals surface area contributed by atoms with E-state index in [9.17, 15) is 18.0 Å². The van der Waals surface area contributed by atoms with Gasteiger partial charge < -0.3 is 15.0 Å². The molecule has 0 aromatic heterocycles. The molecule has 0 unspecified atom stereocenters. The number of amides is 2. The van der Waals surface area contributed by atoms with Crippen LogP contribution in [0, 0.1) is 6.92 Å². The number of halogens is 2. The second-order valence-electron chi connectivity index (χ2n) is 11.3. The molecule has 2 amide bonds. The highest BCUT2D eigenvalue weighted by Gasteiger charge is 2.36. The minimum absolute atomic E-state index is 0.00412. The van der Waals surface area contributed by atoms with Gasteiger partial charge in [0.15, 0.2) is 0 Å². The number of carbonyl (C=O) groups excluding carboxylic acids is 2. The number of hydrogen-bond donors (Lipinski definition) is 1. The first-order chi connectivity index (χ1) is 22.4. The molecular weight excluding hydrogens is 657 g/mol. The third kappa shape index (κ3) is 9.06. The summed E-state index contributed by atoms with van der Waals surface area (Å²) in [5.74, 6) is -0.719. The zero-order valence-electron chi connectivity index (χ0n) is 26.8. The summed E-state index contributed by atoms with van der Waals surface area (Å²) in [6.45, 7) is 5.00. The predicted octanol–water partition coefficient (Wildman–Crippen LogP) is 7.06. The molecule has 0 heterocycles. The van der Waals surface area contributed by atoms with Crippen molar-refractivity contribution in [2.24, 2.45) is 0 Å². The van der Waals surface area contributed by atoms with E-state index in [1.165, 1.54) is 24.1 Å². The summed E-state index contributed by atoms with van der Waals surface area (Å²) < 4.78 is 35.1. The van der Waals surface area contributed by atoms with Crippen molar-refractivity contribution in [3.63, 3.8) is 0 Å². The minimum atomic E-state index is -4.28. The maximum Gasteiger partial charge on any atom is 0.264 e. The summed E-state index contributed by atoms with van der Waals surface area (Å²) >= 11 is 12.8. The summed E-state index contributed by atoms with van der Waals surface area (Å²) in [4.78, 5) is 30.1. The third-order valence-corrected chi connectivity index (χ3v) is 10.2. The highest BCUT2D eigenvalue weighted by molar-refractivity contribution is 7.92. The number of hydrogen-bond acceptors (Lipinski definition) is 5. The van der Waals surface area contributed by atoms with Gasteiger partial charge in [-0.15, -0.1) is 0 Å². The number of sulfonamides is 1. The van der Waals surface area contributed by atoms with Crippen LogP contribution >= 0.6 is 23.2 Å². The molecule has 4 rings (SSSR count). The van der Waals surface area contributed by atoms with E-state index < -0.39 is 28.5 Å². The first-order valence-electron chi connectivity index (χ1n) is 15.2. The number of methoxy groups -OCH3 is 1. The van der Waals surface area contributed by atoms with Crippen molar-refractivity contribution in [1.29, 1.82) is 0 Å². The minimum Gasteiger partial charge on any atom is -0.495 e. The number of carbonyl (C=O) groups is 2. The zero-order valence-corrected chi connectivity index (χ0v) is 29.1. The van der Waals surface area contributed by atoms with Crippen molar-refractivity contribution >= 4 is 50.7 Å². The Balaban J connectivity index is 1.85. The average molecular weight is 697 g/mol. The number of benzene rings is 4. The molecule has 0 aliphatic carbocycles. The maximum absolute atomic E-state index is 14.7.